The number of amides is 2. The number of hydrogen-bond donors (Lipinski definition) is 2. The molecule has 0 aromatic heterocycles. The third-order valence-corrected chi connectivity index (χ3v) is 3.98. The van der Waals surface area contributed by atoms with Gasteiger partial charge in [-0.2, -0.15) is 0 Å². The van der Waals surface area contributed by atoms with E-state index in [0.29, 0.717) is 18.9 Å². The van der Waals surface area contributed by atoms with Crippen LogP contribution in [-0.2, 0) is 4.79 Å². The van der Waals surface area contributed by atoms with E-state index in [4.69, 9.17) is 5.11 Å². The molecule has 5 heteroatoms. The molecule has 5 nitrogen and oxygen atoms in total. The third kappa shape index (κ3) is 5.02. The van der Waals surface area contributed by atoms with Crippen LogP contribution in [0.3, 0.4) is 0 Å². The highest BCUT2D eigenvalue weighted by Gasteiger charge is 2.28. The Kier molecular flexibility index (Phi) is 6.82. The van der Waals surface area contributed by atoms with Crippen molar-refractivity contribution in [1.82, 2.24) is 10.2 Å². The molecule has 0 aromatic carbocycles. The van der Waals surface area contributed by atoms with Gasteiger partial charge in [-0.1, -0.05) is 33.6 Å². The minimum absolute atomic E-state index is 0.216. The molecule has 1 atom stereocenters. The lowest BCUT2D eigenvalue weighted by atomic mass is 10.1. The van der Waals surface area contributed by atoms with Gasteiger partial charge in [0.05, 0.1) is 0 Å². The van der Waals surface area contributed by atoms with Gasteiger partial charge in [-0.15, -0.1) is 0 Å². The summed E-state index contributed by atoms with van der Waals surface area (Å²) in [5, 5.41) is 11.7. The van der Waals surface area contributed by atoms with Gasteiger partial charge in [-0.05, 0) is 31.6 Å². The summed E-state index contributed by atoms with van der Waals surface area (Å²) < 4.78 is 0. The molecule has 2 N–H and O–H groups in total. The van der Waals surface area contributed by atoms with Gasteiger partial charge in [0.15, 0.2) is 0 Å². The quantitative estimate of drug-likeness (QED) is 0.755. The van der Waals surface area contributed by atoms with Crippen molar-refractivity contribution in [2.75, 3.05) is 6.54 Å². The van der Waals surface area contributed by atoms with E-state index in [0.717, 1.165) is 32.1 Å². The molecule has 20 heavy (non-hydrogen) atoms. The highest BCUT2D eigenvalue weighted by Crippen LogP contribution is 2.24. The van der Waals surface area contributed by atoms with Crippen LogP contribution in [0, 0.1) is 5.92 Å². The number of nitrogens with zero attached hydrogens (tertiary/aromatic N) is 1. The minimum Gasteiger partial charge on any atom is -0.480 e. The first-order valence-corrected chi connectivity index (χ1v) is 7.75. The SMILES string of the molecule is CCC(NC(=O)N(CCC(C)C)C1CCCC1)C(=O)O. The van der Waals surface area contributed by atoms with Gasteiger partial charge in [-0.25, -0.2) is 9.59 Å². The first-order valence-electron chi connectivity index (χ1n) is 7.75. The summed E-state index contributed by atoms with van der Waals surface area (Å²) in [6, 6.07) is -0.725. The Morgan fingerprint density at radius 1 is 1.30 bits per heavy atom. The number of carboxylic acid groups (broad SMARTS) is 1. The molecule has 0 aliphatic heterocycles. The monoisotopic (exact) mass is 284 g/mol. The third-order valence-electron chi connectivity index (χ3n) is 3.98. The van der Waals surface area contributed by atoms with Gasteiger partial charge in [-0.3, -0.25) is 0 Å². The normalized spacial score (nSPS) is 17.2. The van der Waals surface area contributed by atoms with Crippen LogP contribution in [0.25, 0.3) is 0 Å². The Bertz CT molecular complexity index is 325. The number of hydrogen-bond acceptors (Lipinski definition) is 2. The van der Waals surface area contributed by atoms with Gasteiger partial charge < -0.3 is 15.3 Å². The predicted octanol–water partition coefficient (Wildman–Crippen LogP) is 2.85. The van der Waals surface area contributed by atoms with Crippen LogP contribution in [0.2, 0.25) is 0 Å². The van der Waals surface area contributed by atoms with Gasteiger partial charge >= 0.3 is 12.0 Å². The summed E-state index contributed by atoms with van der Waals surface area (Å²) in [7, 11) is 0. The molecule has 2 amide bonds. The molecule has 0 aromatic rings. The topological polar surface area (TPSA) is 69.6 Å². The molecule has 1 rings (SSSR count). The molecule has 1 aliphatic rings. The van der Waals surface area contributed by atoms with Crippen LogP contribution in [-0.4, -0.2) is 40.6 Å². The van der Waals surface area contributed by atoms with Gasteiger partial charge in [0.2, 0.25) is 0 Å². The first kappa shape index (κ1) is 16.8. The zero-order valence-electron chi connectivity index (χ0n) is 12.9. The molecular weight excluding hydrogens is 256 g/mol. The number of nitrogens with one attached hydrogen (secondary N) is 1. The molecule has 1 fully saturated rings. The maximum absolute atomic E-state index is 12.4. The lowest BCUT2D eigenvalue weighted by Crippen LogP contribution is -2.51. The fraction of sp³-hybridized carbons (Fsp3) is 0.867. The Balaban J connectivity index is 2.65. The second kappa shape index (κ2) is 8.12. The zero-order valence-corrected chi connectivity index (χ0v) is 12.9. The first-order chi connectivity index (χ1) is 9.45. The Hall–Kier alpha value is -1.26. The number of carboxylic acids is 1. The second-order valence-electron chi connectivity index (χ2n) is 6.06. The number of carbonyl (C=O) groups excluding carboxylic acids is 1. The summed E-state index contributed by atoms with van der Waals surface area (Å²) in [6.07, 6.45) is 5.75. The summed E-state index contributed by atoms with van der Waals surface area (Å²) >= 11 is 0. The number of aliphatic carboxylic acids is 1. The lowest BCUT2D eigenvalue weighted by Gasteiger charge is -2.31. The standard InChI is InChI=1S/C15H28N2O3/c1-4-13(14(18)19)16-15(20)17(10-9-11(2)3)12-7-5-6-8-12/h11-13H,4-10H2,1-3H3,(H,16,20)(H,18,19). The maximum Gasteiger partial charge on any atom is 0.326 e. The maximum atomic E-state index is 12.4. The van der Waals surface area contributed by atoms with E-state index >= 15 is 0 Å². The van der Waals surface area contributed by atoms with Crippen molar-refractivity contribution in [1.29, 1.82) is 0 Å². The van der Waals surface area contributed by atoms with Crippen LogP contribution in [0.15, 0.2) is 0 Å². The zero-order chi connectivity index (χ0) is 15.1. The Morgan fingerprint density at radius 3 is 2.35 bits per heavy atom. The van der Waals surface area contributed by atoms with Crippen LogP contribution < -0.4 is 5.32 Å². The Morgan fingerprint density at radius 2 is 1.90 bits per heavy atom. The van der Waals surface area contributed by atoms with Crippen LogP contribution in [0.5, 0.6) is 0 Å². The van der Waals surface area contributed by atoms with Crippen molar-refractivity contribution in [3.05, 3.63) is 0 Å². The van der Waals surface area contributed by atoms with Crippen molar-refractivity contribution in [2.24, 2.45) is 5.92 Å². The molecule has 0 bridgehead atoms. The van der Waals surface area contributed by atoms with Crippen LogP contribution >= 0.6 is 0 Å². The van der Waals surface area contributed by atoms with E-state index in [1.54, 1.807) is 6.92 Å². The predicted molar refractivity (Wildman–Crippen MR) is 78.7 cm³/mol. The largest absolute Gasteiger partial charge is 0.480 e. The van der Waals surface area contributed by atoms with Crippen LogP contribution in [0.1, 0.15) is 59.3 Å². The molecule has 1 aliphatic carbocycles. The average molecular weight is 284 g/mol. The second-order valence-corrected chi connectivity index (χ2v) is 6.06. The summed E-state index contributed by atoms with van der Waals surface area (Å²) in [5.41, 5.74) is 0. The summed E-state index contributed by atoms with van der Waals surface area (Å²) in [5.74, 6) is -0.427. The van der Waals surface area contributed by atoms with E-state index in [-0.39, 0.29) is 12.1 Å². The fourth-order valence-electron chi connectivity index (χ4n) is 2.63. The number of carbonyl (C=O) groups is 2. The molecule has 1 saturated carbocycles. The molecule has 0 saturated heterocycles. The molecule has 1 unspecified atom stereocenters. The summed E-state index contributed by atoms with van der Waals surface area (Å²) in [6.45, 7) is 6.75. The van der Waals surface area contributed by atoms with E-state index in [9.17, 15) is 9.59 Å². The van der Waals surface area contributed by atoms with Crippen molar-refractivity contribution in [3.8, 4) is 0 Å². The van der Waals surface area contributed by atoms with Gasteiger partial charge in [0, 0.05) is 12.6 Å². The van der Waals surface area contributed by atoms with E-state index in [1.165, 1.54) is 0 Å². The fourth-order valence-corrected chi connectivity index (χ4v) is 2.63. The smallest absolute Gasteiger partial charge is 0.326 e. The molecule has 0 spiro atoms. The van der Waals surface area contributed by atoms with Crippen LogP contribution in [0.4, 0.5) is 4.79 Å². The molecule has 0 heterocycles. The summed E-state index contributed by atoms with van der Waals surface area (Å²) in [4.78, 5) is 25.3. The number of rotatable bonds is 7. The molecule has 116 valence electrons. The minimum atomic E-state index is -0.962. The van der Waals surface area contributed by atoms with Gasteiger partial charge in [0.1, 0.15) is 6.04 Å². The molecular formula is C15H28N2O3. The van der Waals surface area contributed by atoms with E-state index in [1.807, 2.05) is 4.90 Å². The van der Waals surface area contributed by atoms with E-state index < -0.39 is 12.0 Å². The number of urea groups is 1. The Labute approximate surface area is 121 Å². The van der Waals surface area contributed by atoms with Crippen molar-refractivity contribution < 1.29 is 14.7 Å². The van der Waals surface area contributed by atoms with E-state index in [2.05, 4.69) is 19.2 Å². The average Bonchev–Trinajstić information content (AvgIpc) is 2.89. The highest BCUT2D eigenvalue weighted by atomic mass is 16.4. The molecule has 0 radical (unpaired) electrons. The lowest BCUT2D eigenvalue weighted by molar-refractivity contribution is -0.139. The highest BCUT2D eigenvalue weighted by molar-refractivity contribution is 5.82. The van der Waals surface area contributed by atoms with Crippen molar-refractivity contribution in [2.45, 2.75) is 71.4 Å². The van der Waals surface area contributed by atoms with Gasteiger partial charge in [0.25, 0.3) is 0 Å². The van der Waals surface area contributed by atoms with Crippen molar-refractivity contribution >= 4 is 12.0 Å². The van der Waals surface area contributed by atoms with Crippen molar-refractivity contribution in [3.63, 3.8) is 0 Å².